The van der Waals surface area contributed by atoms with Gasteiger partial charge in [0, 0.05) is 22.4 Å². The lowest BCUT2D eigenvalue weighted by molar-refractivity contribution is 0.0972. The first-order valence-corrected chi connectivity index (χ1v) is 5.44. The fourth-order valence-electron chi connectivity index (χ4n) is 1.37. The summed E-state index contributed by atoms with van der Waals surface area (Å²) < 4.78 is 2.85. The van der Waals surface area contributed by atoms with E-state index in [4.69, 9.17) is 0 Å². The van der Waals surface area contributed by atoms with Gasteiger partial charge in [0.15, 0.2) is 5.78 Å². The standard InChI is InChI=1S/C12H10BrNO/c13-11-5-3-10(4-6-11)12(15)9-14-7-1-2-8-14/h1-8H,9H2. The van der Waals surface area contributed by atoms with Crippen LogP contribution < -0.4 is 0 Å². The molecule has 0 saturated carbocycles. The first kappa shape index (κ1) is 10.2. The maximum Gasteiger partial charge on any atom is 0.182 e. The van der Waals surface area contributed by atoms with Crippen LogP contribution in [0.15, 0.2) is 53.3 Å². The van der Waals surface area contributed by atoms with E-state index in [9.17, 15) is 4.79 Å². The van der Waals surface area contributed by atoms with Crippen LogP contribution in [0, 0.1) is 0 Å². The maximum absolute atomic E-state index is 11.8. The van der Waals surface area contributed by atoms with Gasteiger partial charge in [0.25, 0.3) is 0 Å². The van der Waals surface area contributed by atoms with Crippen LogP contribution in [0.2, 0.25) is 0 Å². The highest BCUT2D eigenvalue weighted by Gasteiger charge is 2.05. The normalized spacial score (nSPS) is 10.2. The number of hydrogen-bond acceptors (Lipinski definition) is 1. The fraction of sp³-hybridized carbons (Fsp3) is 0.0833. The summed E-state index contributed by atoms with van der Waals surface area (Å²) in [6.07, 6.45) is 3.77. The summed E-state index contributed by atoms with van der Waals surface area (Å²) in [5.74, 6) is 0.124. The second kappa shape index (κ2) is 4.45. The Balaban J connectivity index is 2.11. The van der Waals surface area contributed by atoms with Crippen molar-refractivity contribution >= 4 is 21.7 Å². The van der Waals surface area contributed by atoms with E-state index in [2.05, 4.69) is 15.9 Å². The summed E-state index contributed by atoms with van der Waals surface area (Å²) in [5.41, 5.74) is 0.743. The number of carbonyl (C=O) groups is 1. The lowest BCUT2D eigenvalue weighted by Crippen LogP contribution is -2.08. The van der Waals surface area contributed by atoms with E-state index < -0.39 is 0 Å². The monoisotopic (exact) mass is 263 g/mol. The molecule has 1 aromatic carbocycles. The van der Waals surface area contributed by atoms with E-state index in [1.807, 2.05) is 53.4 Å². The molecule has 2 aromatic rings. The van der Waals surface area contributed by atoms with Crippen LogP contribution in [0.4, 0.5) is 0 Å². The van der Waals surface area contributed by atoms with Crippen molar-refractivity contribution in [1.29, 1.82) is 0 Å². The highest BCUT2D eigenvalue weighted by molar-refractivity contribution is 9.10. The van der Waals surface area contributed by atoms with Crippen LogP contribution in [0.1, 0.15) is 10.4 Å². The molecule has 15 heavy (non-hydrogen) atoms. The molecule has 3 heteroatoms. The Labute approximate surface area is 96.7 Å². The second-order valence-electron chi connectivity index (χ2n) is 3.29. The molecule has 0 aliphatic heterocycles. The Bertz CT molecular complexity index is 445. The third-order valence-electron chi connectivity index (χ3n) is 2.16. The van der Waals surface area contributed by atoms with E-state index in [0.717, 1.165) is 10.0 Å². The minimum atomic E-state index is 0.124. The highest BCUT2D eigenvalue weighted by atomic mass is 79.9. The van der Waals surface area contributed by atoms with E-state index >= 15 is 0 Å². The van der Waals surface area contributed by atoms with Gasteiger partial charge < -0.3 is 4.57 Å². The van der Waals surface area contributed by atoms with Gasteiger partial charge in [-0.05, 0) is 24.3 Å². The second-order valence-corrected chi connectivity index (χ2v) is 4.20. The molecule has 2 rings (SSSR count). The van der Waals surface area contributed by atoms with Crippen molar-refractivity contribution in [3.05, 3.63) is 58.8 Å². The van der Waals surface area contributed by atoms with E-state index in [-0.39, 0.29) is 5.78 Å². The molecule has 0 amide bonds. The van der Waals surface area contributed by atoms with Gasteiger partial charge in [-0.2, -0.15) is 0 Å². The third kappa shape index (κ3) is 2.57. The van der Waals surface area contributed by atoms with Crippen LogP contribution >= 0.6 is 15.9 Å². The largest absolute Gasteiger partial charge is 0.347 e. The summed E-state index contributed by atoms with van der Waals surface area (Å²) in [6, 6.07) is 11.2. The number of rotatable bonds is 3. The average molecular weight is 264 g/mol. The van der Waals surface area contributed by atoms with Gasteiger partial charge in [-0.1, -0.05) is 28.1 Å². The highest BCUT2D eigenvalue weighted by Crippen LogP contribution is 2.11. The van der Waals surface area contributed by atoms with Crippen molar-refractivity contribution < 1.29 is 4.79 Å². The van der Waals surface area contributed by atoms with Gasteiger partial charge in [-0.15, -0.1) is 0 Å². The van der Waals surface area contributed by atoms with Crippen molar-refractivity contribution in [2.45, 2.75) is 6.54 Å². The average Bonchev–Trinajstić information content (AvgIpc) is 2.71. The summed E-state index contributed by atoms with van der Waals surface area (Å²) >= 11 is 3.34. The molecular formula is C12H10BrNO. The van der Waals surface area contributed by atoms with Crippen molar-refractivity contribution in [3.63, 3.8) is 0 Å². The lowest BCUT2D eigenvalue weighted by atomic mass is 10.1. The van der Waals surface area contributed by atoms with E-state index in [1.165, 1.54) is 0 Å². The minimum absolute atomic E-state index is 0.124. The Morgan fingerprint density at radius 2 is 1.73 bits per heavy atom. The number of nitrogens with zero attached hydrogens (tertiary/aromatic N) is 1. The molecule has 0 bridgehead atoms. The number of aromatic nitrogens is 1. The number of benzene rings is 1. The van der Waals surface area contributed by atoms with Crippen LogP contribution in [0.3, 0.4) is 0 Å². The zero-order valence-corrected chi connectivity index (χ0v) is 9.65. The summed E-state index contributed by atoms with van der Waals surface area (Å²) in [6.45, 7) is 0.397. The number of carbonyl (C=O) groups excluding carboxylic acids is 1. The van der Waals surface area contributed by atoms with Crippen LogP contribution in [-0.2, 0) is 6.54 Å². The zero-order chi connectivity index (χ0) is 10.7. The number of Topliss-reactive ketones (excluding diaryl/α,β-unsaturated/α-hetero) is 1. The first-order valence-electron chi connectivity index (χ1n) is 4.65. The molecule has 2 nitrogen and oxygen atoms in total. The van der Waals surface area contributed by atoms with Crippen molar-refractivity contribution in [1.82, 2.24) is 4.57 Å². The SMILES string of the molecule is O=C(Cn1cccc1)c1ccc(Br)cc1. The molecule has 0 fully saturated rings. The third-order valence-corrected chi connectivity index (χ3v) is 2.69. The molecule has 0 saturated heterocycles. The van der Waals surface area contributed by atoms with Crippen molar-refractivity contribution in [2.24, 2.45) is 0 Å². The fourth-order valence-corrected chi connectivity index (χ4v) is 1.63. The lowest BCUT2D eigenvalue weighted by Gasteiger charge is -2.02. The Kier molecular flexibility index (Phi) is 3.02. The number of halogens is 1. The molecule has 0 unspecified atom stereocenters. The molecule has 76 valence electrons. The van der Waals surface area contributed by atoms with Gasteiger partial charge >= 0.3 is 0 Å². The van der Waals surface area contributed by atoms with Crippen molar-refractivity contribution in [3.8, 4) is 0 Å². The molecular weight excluding hydrogens is 254 g/mol. The Morgan fingerprint density at radius 1 is 1.13 bits per heavy atom. The first-order chi connectivity index (χ1) is 7.25. The van der Waals surface area contributed by atoms with Gasteiger partial charge in [0.1, 0.15) is 0 Å². The van der Waals surface area contributed by atoms with Crippen LogP contribution in [-0.4, -0.2) is 10.4 Å². The topological polar surface area (TPSA) is 22.0 Å². The summed E-state index contributed by atoms with van der Waals surface area (Å²) in [5, 5.41) is 0. The molecule has 1 heterocycles. The van der Waals surface area contributed by atoms with Crippen molar-refractivity contribution in [2.75, 3.05) is 0 Å². The number of hydrogen-bond donors (Lipinski definition) is 0. The van der Waals surface area contributed by atoms with E-state index in [1.54, 1.807) is 0 Å². The minimum Gasteiger partial charge on any atom is -0.347 e. The van der Waals surface area contributed by atoms with Gasteiger partial charge in [-0.25, -0.2) is 0 Å². The number of ketones is 1. The molecule has 0 N–H and O–H groups in total. The Hall–Kier alpha value is -1.35. The molecule has 0 atom stereocenters. The van der Waals surface area contributed by atoms with Gasteiger partial charge in [0.05, 0.1) is 6.54 Å². The summed E-state index contributed by atoms with van der Waals surface area (Å²) in [4.78, 5) is 11.8. The van der Waals surface area contributed by atoms with E-state index in [0.29, 0.717) is 6.54 Å². The van der Waals surface area contributed by atoms with Gasteiger partial charge in [-0.3, -0.25) is 4.79 Å². The molecule has 0 radical (unpaired) electrons. The predicted octanol–water partition coefficient (Wildman–Crippen LogP) is 3.13. The Morgan fingerprint density at radius 3 is 2.33 bits per heavy atom. The summed E-state index contributed by atoms with van der Waals surface area (Å²) in [7, 11) is 0. The molecule has 0 aliphatic rings. The van der Waals surface area contributed by atoms with Crippen LogP contribution in [0.5, 0.6) is 0 Å². The predicted molar refractivity (Wildman–Crippen MR) is 62.9 cm³/mol. The smallest absolute Gasteiger partial charge is 0.182 e. The zero-order valence-electron chi connectivity index (χ0n) is 8.06. The molecule has 0 aliphatic carbocycles. The van der Waals surface area contributed by atoms with Crippen LogP contribution in [0.25, 0.3) is 0 Å². The quantitative estimate of drug-likeness (QED) is 0.780. The molecule has 0 spiro atoms. The molecule has 1 aromatic heterocycles. The van der Waals surface area contributed by atoms with Gasteiger partial charge in [0.2, 0.25) is 0 Å². The maximum atomic E-state index is 11.8.